The van der Waals surface area contributed by atoms with Crippen LogP contribution in [-0.4, -0.2) is 55.6 Å². The van der Waals surface area contributed by atoms with Gasteiger partial charge in [-0.1, -0.05) is 36.4 Å². The summed E-state index contributed by atoms with van der Waals surface area (Å²) in [6, 6.07) is 17.7. The van der Waals surface area contributed by atoms with Crippen molar-refractivity contribution in [3.8, 4) is 17.1 Å². The van der Waals surface area contributed by atoms with Gasteiger partial charge in [0, 0.05) is 43.2 Å². The Morgan fingerprint density at radius 2 is 1.95 bits per heavy atom. The molecule has 0 saturated carbocycles. The van der Waals surface area contributed by atoms with Crippen LogP contribution in [0.25, 0.3) is 11.4 Å². The highest BCUT2D eigenvalue weighted by molar-refractivity contribution is 5.93. The molecule has 3 heterocycles. The van der Waals surface area contributed by atoms with Crippen LogP contribution < -0.4 is 10.1 Å². The topological polar surface area (TPSA) is 115 Å². The maximum Gasteiger partial charge on any atom is 0.270 e. The number of hydrogen-bond acceptors (Lipinski definition) is 7. The molecule has 0 aliphatic carbocycles. The number of pyridine rings is 1. The highest BCUT2D eigenvalue weighted by atomic mass is 19.1. The fraction of sp³-hybridized carbons (Fsp3) is 0.286. The molecule has 1 aliphatic heterocycles. The Labute approximate surface area is 224 Å². The van der Waals surface area contributed by atoms with E-state index >= 15 is 0 Å². The highest BCUT2D eigenvalue weighted by Gasteiger charge is 2.30. The monoisotopic (exact) mass is 529 g/mol. The van der Waals surface area contributed by atoms with E-state index in [0.717, 1.165) is 5.56 Å². The quantitative estimate of drug-likeness (QED) is 0.354. The van der Waals surface area contributed by atoms with Gasteiger partial charge in [0.2, 0.25) is 11.7 Å². The van der Waals surface area contributed by atoms with Gasteiger partial charge in [0.25, 0.3) is 5.91 Å². The first-order chi connectivity index (χ1) is 18.9. The third kappa shape index (κ3) is 6.25. The SMILES string of the molecule is COc1cc(CNC(=O)c2cc(-c3nnn(CC4CC(=O)N(Cc5ccccc5)C4)n3)cc(C)n2)ccc1F. The number of likely N-dealkylation sites (tertiary alicyclic amines) is 1. The van der Waals surface area contributed by atoms with Crippen LogP contribution in [0.3, 0.4) is 0 Å². The van der Waals surface area contributed by atoms with E-state index in [4.69, 9.17) is 4.74 Å². The summed E-state index contributed by atoms with van der Waals surface area (Å²) in [7, 11) is 1.39. The van der Waals surface area contributed by atoms with Gasteiger partial charge in [-0.05, 0) is 47.5 Å². The number of hydrogen-bond donors (Lipinski definition) is 1. The van der Waals surface area contributed by atoms with E-state index < -0.39 is 11.7 Å². The summed E-state index contributed by atoms with van der Waals surface area (Å²) in [4.78, 5) is 33.0. The summed E-state index contributed by atoms with van der Waals surface area (Å²) in [6.07, 6.45) is 0.433. The van der Waals surface area contributed by atoms with Crippen molar-refractivity contribution in [2.75, 3.05) is 13.7 Å². The molecule has 0 bridgehead atoms. The number of rotatable bonds is 9. The van der Waals surface area contributed by atoms with Crippen molar-refractivity contribution in [1.29, 1.82) is 0 Å². The first-order valence-electron chi connectivity index (χ1n) is 12.6. The van der Waals surface area contributed by atoms with Gasteiger partial charge in [-0.25, -0.2) is 9.37 Å². The third-order valence-corrected chi connectivity index (χ3v) is 6.50. The maximum atomic E-state index is 13.7. The molecule has 1 atom stereocenters. The first-order valence-corrected chi connectivity index (χ1v) is 12.6. The predicted octanol–water partition coefficient (Wildman–Crippen LogP) is 3.17. The number of ether oxygens (including phenoxy) is 1. The number of carbonyl (C=O) groups is 2. The van der Waals surface area contributed by atoms with Gasteiger partial charge in [-0.2, -0.15) is 4.80 Å². The van der Waals surface area contributed by atoms with Crippen molar-refractivity contribution in [3.63, 3.8) is 0 Å². The van der Waals surface area contributed by atoms with Crippen LogP contribution in [-0.2, 0) is 24.4 Å². The van der Waals surface area contributed by atoms with Crippen LogP contribution >= 0.6 is 0 Å². The lowest BCUT2D eigenvalue weighted by Crippen LogP contribution is -2.25. The number of tetrazole rings is 1. The lowest BCUT2D eigenvalue weighted by Gasteiger charge is -2.16. The number of halogens is 1. The van der Waals surface area contributed by atoms with Crippen molar-refractivity contribution < 1.29 is 18.7 Å². The summed E-state index contributed by atoms with van der Waals surface area (Å²) in [5.74, 6) is -0.195. The molecule has 200 valence electrons. The van der Waals surface area contributed by atoms with E-state index in [0.29, 0.717) is 48.7 Å². The molecule has 1 unspecified atom stereocenters. The molecule has 10 nitrogen and oxygen atoms in total. The Bertz CT molecular complexity index is 1490. The van der Waals surface area contributed by atoms with Crippen LogP contribution in [0, 0.1) is 18.7 Å². The molecule has 2 amide bonds. The summed E-state index contributed by atoms with van der Waals surface area (Å²) >= 11 is 0. The third-order valence-electron chi connectivity index (χ3n) is 6.50. The number of benzene rings is 2. The normalized spacial score (nSPS) is 15.0. The first kappa shape index (κ1) is 26.0. The zero-order valence-corrected chi connectivity index (χ0v) is 21.7. The highest BCUT2D eigenvalue weighted by Crippen LogP contribution is 2.23. The molecule has 1 aliphatic rings. The van der Waals surface area contributed by atoms with Gasteiger partial charge in [0.15, 0.2) is 11.6 Å². The van der Waals surface area contributed by atoms with Crippen molar-refractivity contribution >= 4 is 11.8 Å². The Morgan fingerprint density at radius 1 is 1.13 bits per heavy atom. The lowest BCUT2D eigenvalue weighted by atomic mass is 10.1. The fourth-order valence-electron chi connectivity index (χ4n) is 4.60. The minimum Gasteiger partial charge on any atom is -0.494 e. The molecule has 39 heavy (non-hydrogen) atoms. The number of amides is 2. The molecule has 1 fully saturated rings. The van der Waals surface area contributed by atoms with Crippen molar-refractivity contribution in [2.24, 2.45) is 5.92 Å². The van der Waals surface area contributed by atoms with Gasteiger partial charge < -0.3 is 15.0 Å². The van der Waals surface area contributed by atoms with E-state index in [1.165, 1.54) is 24.0 Å². The average Bonchev–Trinajstić information content (AvgIpc) is 3.54. The molecule has 4 aromatic rings. The number of carbonyl (C=O) groups excluding carboxylic acids is 2. The molecular weight excluding hydrogens is 501 g/mol. The average molecular weight is 530 g/mol. The second-order valence-electron chi connectivity index (χ2n) is 9.53. The predicted molar refractivity (Wildman–Crippen MR) is 140 cm³/mol. The second-order valence-corrected chi connectivity index (χ2v) is 9.53. The van der Waals surface area contributed by atoms with Crippen LogP contribution in [0.15, 0.2) is 60.7 Å². The fourth-order valence-corrected chi connectivity index (χ4v) is 4.60. The Hall–Kier alpha value is -4.67. The Kier molecular flexibility index (Phi) is 7.57. The number of methoxy groups -OCH3 is 1. The molecule has 1 N–H and O–H groups in total. The standard InChI is InChI=1S/C28H28FN7O3/c1-18-10-22(13-24(31-18)28(38)30-14-20-8-9-23(29)25(11-20)39-2)27-32-34-36(33-27)17-21-12-26(37)35(16-21)15-19-6-4-3-5-7-19/h3-11,13,21H,12,14-17H2,1-2H3,(H,30,38). The molecular formula is C28H28FN7O3. The van der Waals surface area contributed by atoms with Crippen LogP contribution in [0.2, 0.25) is 0 Å². The van der Waals surface area contributed by atoms with Crippen molar-refractivity contribution in [3.05, 3.63) is 89.0 Å². The molecule has 5 rings (SSSR count). The zero-order valence-electron chi connectivity index (χ0n) is 21.7. The summed E-state index contributed by atoms with van der Waals surface area (Å²) in [5.41, 5.74) is 3.21. The lowest BCUT2D eigenvalue weighted by molar-refractivity contribution is -0.128. The van der Waals surface area contributed by atoms with Crippen molar-refractivity contribution in [2.45, 2.75) is 33.0 Å². The molecule has 2 aromatic carbocycles. The molecule has 0 spiro atoms. The van der Waals surface area contributed by atoms with Gasteiger partial charge in [0.1, 0.15) is 5.69 Å². The van der Waals surface area contributed by atoms with E-state index in [2.05, 4.69) is 25.7 Å². The zero-order chi connectivity index (χ0) is 27.4. The minimum atomic E-state index is -0.470. The van der Waals surface area contributed by atoms with E-state index in [9.17, 15) is 14.0 Å². The van der Waals surface area contributed by atoms with Crippen molar-refractivity contribution in [1.82, 2.24) is 35.4 Å². The molecule has 11 heteroatoms. The van der Waals surface area contributed by atoms with Crippen LogP contribution in [0.1, 0.15) is 33.7 Å². The van der Waals surface area contributed by atoms with Crippen LogP contribution in [0.4, 0.5) is 4.39 Å². The summed E-state index contributed by atoms with van der Waals surface area (Å²) in [5, 5.41) is 15.6. The Morgan fingerprint density at radius 3 is 2.74 bits per heavy atom. The summed E-state index contributed by atoms with van der Waals surface area (Å²) in [6.45, 7) is 3.63. The number of nitrogens with one attached hydrogen (secondary N) is 1. The number of aromatic nitrogens is 5. The van der Waals surface area contributed by atoms with Gasteiger partial charge in [0.05, 0.1) is 13.7 Å². The van der Waals surface area contributed by atoms with Gasteiger partial charge >= 0.3 is 0 Å². The van der Waals surface area contributed by atoms with Crippen LogP contribution in [0.5, 0.6) is 5.75 Å². The van der Waals surface area contributed by atoms with E-state index in [1.54, 1.807) is 25.1 Å². The summed E-state index contributed by atoms with van der Waals surface area (Å²) < 4.78 is 18.7. The maximum absolute atomic E-state index is 13.7. The second kappa shape index (κ2) is 11.4. The largest absolute Gasteiger partial charge is 0.494 e. The smallest absolute Gasteiger partial charge is 0.270 e. The Balaban J connectivity index is 1.22. The van der Waals surface area contributed by atoms with E-state index in [-0.39, 0.29) is 29.8 Å². The van der Waals surface area contributed by atoms with Gasteiger partial charge in [-0.15, -0.1) is 10.2 Å². The number of nitrogens with zero attached hydrogens (tertiary/aromatic N) is 6. The minimum absolute atomic E-state index is 0.0777. The van der Waals surface area contributed by atoms with E-state index in [1.807, 2.05) is 35.2 Å². The molecule has 0 radical (unpaired) electrons. The number of aryl methyl sites for hydroxylation is 1. The molecule has 1 saturated heterocycles. The molecule has 2 aromatic heterocycles. The van der Waals surface area contributed by atoms with Gasteiger partial charge in [-0.3, -0.25) is 9.59 Å².